The third kappa shape index (κ3) is 4.57. The average Bonchev–Trinajstić information content (AvgIpc) is 3.15. The summed E-state index contributed by atoms with van der Waals surface area (Å²) in [5.41, 5.74) is 2.04. The zero-order valence-corrected chi connectivity index (χ0v) is 16.4. The van der Waals surface area contributed by atoms with Crippen LogP contribution in [0.3, 0.4) is 0 Å². The van der Waals surface area contributed by atoms with Gasteiger partial charge < -0.3 is 14.5 Å². The van der Waals surface area contributed by atoms with Crippen molar-refractivity contribution in [2.75, 3.05) is 11.1 Å². The van der Waals surface area contributed by atoms with E-state index in [1.165, 1.54) is 0 Å². The number of thioether (sulfide) groups is 1. The van der Waals surface area contributed by atoms with Crippen LogP contribution in [0.15, 0.2) is 76.4 Å². The molecule has 6 nitrogen and oxygen atoms in total. The Morgan fingerprint density at radius 1 is 1.07 bits per heavy atom. The maximum Gasteiger partial charge on any atom is 0.317 e. The zero-order valence-electron chi connectivity index (χ0n) is 15.6. The molecular weight excluding hydrogens is 388 g/mol. The number of benzene rings is 3. The van der Waals surface area contributed by atoms with Gasteiger partial charge in [0.05, 0.1) is 0 Å². The van der Waals surface area contributed by atoms with Crippen molar-refractivity contribution in [2.45, 2.75) is 18.3 Å². The number of para-hydroxylation sites is 2. The topological polar surface area (TPSA) is 81.4 Å². The molecule has 0 aliphatic rings. The maximum absolute atomic E-state index is 12.3. The van der Waals surface area contributed by atoms with Crippen LogP contribution < -0.4 is 5.32 Å². The molecule has 0 spiro atoms. The first-order valence-corrected chi connectivity index (χ1v) is 10.0. The highest BCUT2D eigenvalue weighted by Gasteiger charge is 2.19. The van der Waals surface area contributed by atoms with Crippen molar-refractivity contribution in [3.05, 3.63) is 66.7 Å². The molecule has 4 aromatic rings. The molecule has 146 valence electrons. The van der Waals surface area contributed by atoms with Crippen LogP contribution in [0.25, 0.3) is 21.9 Å². The zero-order chi connectivity index (χ0) is 20.2. The molecule has 0 bridgehead atoms. The summed E-state index contributed by atoms with van der Waals surface area (Å²) in [4.78, 5) is 28.7. The van der Waals surface area contributed by atoms with E-state index < -0.39 is 12.1 Å². The Kier molecular flexibility index (Phi) is 5.48. The lowest BCUT2D eigenvalue weighted by molar-refractivity contribution is -0.150. The van der Waals surface area contributed by atoms with Crippen molar-refractivity contribution in [3.8, 4) is 0 Å². The number of aromatic nitrogens is 1. The number of carbonyl (C=O) groups is 2. The Labute approximate surface area is 171 Å². The van der Waals surface area contributed by atoms with Crippen molar-refractivity contribution >= 4 is 51.2 Å². The van der Waals surface area contributed by atoms with Gasteiger partial charge in [-0.2, -0.15) is 0 Å². The van der Waals surface area contributed by atoms with E-state index in [2.05, 4.69) is 10.3 Å². The summed E-state index contributed by atoms with van der Waals surface area (Å²) in [5.74, 6) is -0.903. The lowest BCUT2D eigenvalue weighted by atomic mass is 10.1. The molecule has 1 atom stereocenters. The van der Waals surface area contributed by atoms with E-state index in [-0.39, 0.29) is 11.7 Å². The van der Waals surface area contributed by atoms with Crippen molar-refractivity contribution in [3.63, 3.8) is 0 Å². The number of esters is 1. The average molecular weight is 406 g/mol. The fourth-order valence-electron chi connectivity index (χ4n) is 2.83. The molecule has 1 amide bonds. The quantitative estimate of drug-likeness (QED) is 0.371. The Morgan fingerprint density at radius 3 is 2.66 bits per heavy atom. The van der Waals surface area contributed by atoms with Gasteiger partial charge in [0.1, 0.15) is 11.3 Å². The molecule has 0 aliphatic carbocycles. The van der Waals surface area contributed by atoms with E-state index in [1.54, 1.807) is 6.92 Å². The third-order valence-electron chi connectivity index (χ3n) is 4.28. The maximum atomic E-state index is 12.3. The predicted octanol–water partition coefficient (Wildman–Crippen LogP) is 4.64. The fourth-order valence-corrected chi connectivity index (χ4v) is 3.45. The van der Waals surface area contributed by atoms with E-state index in [9.17, 15) is 9.59 Å². The summed E-state index contributed by atoms with van der Waals surface area (Å²) in [6.45, 7) is 1.54. The monoisotopic (exact) mass is 406 g/mol. The van der Waals surface area contributed by atoms with Gasteiger partial charge in [-0.25, -0.2) is 4.98 Å². The van der Waals surface area contributed by atoms with Crippen LogP contribution in [0.1, 0.15) is 6.92 Å². The number of amides is 1. The Hall–Kier alpha value is -3.32. The second-order valence-corrected chi connectivity index (χ2v) is 7.35. The number of nitrogens with one attached hydrogen (secondary N) is 1. The van der Waals surface area contributed by atoms with Gasteiger partial charge >= 0.3 is 5.97 Å². The molecule has 4 rings (SSSR count). The first-order chi connectivity index (χ1) is 14.1. The molecule has 0 radical (unpaired) electrons. The normalized spacial score (nSPS) is 12.0. The highest BCUT2D eigenvalue weighted by Crippen LogP contribution is 2.23. The smallest absolute Gasteiger partial charge is 0.317 e. The molecule has 1 aromatic heterocycles. The van der Waals surface area contributed by atoms with E-state index in [1.807, 2.05) is 66.7 Å². The van der Waals surface area contributed by atoms with Crippen LogP contribution >= 0.6 is 11.8 Å². The van der Waals surface area contributed by atoms with Gasteiger partial charge in [-0.05, 0) is 42.0 Å². The van der Waals surface area contributed by atoms with Crippen LogP contribution in [0.2, 0.25) is 0 Å². The first-order valence-electron chi connectivity index (χ1n) is 9.06. The molecule has 0 saturated heterocycles. The summed E-state index contributed by atoms with van der Waals surface area (Å²) >= 11 is 1.13. The van der Waals surface area contributed by atoms with E-state index in [0.29, 0.717) is 16.5 Å². The number of hydrogen-bond donors (Lipinski definition) is 1. The number of anilines is 1. The summed E-state index contributed by atoms with van der Waals surface area (Å²) in [7, 11) is 0. The standard InChI is InChI=1S/C22H18N2O4S/c1-14(21(26)23-17-11-10-15-6-2-3-7-16(15)12-17)27-20(25)13-29-22-24-18-8-4-5-9-19(18)28-22/h2-12,14H,13H2,1H3,(H,23,26). The number of hydrogen-bond acceptors (Lipinski definition) is 6. The summed E-state index contributed by atoms with van der Waals surface area (Å²) in [5, 5.41) is 5.27. The molecule has 0 saturated carbocycles. The van der Waals surface area contributed by atoms with E-state index in [0.717, 1.165) is 28.1 Å². The highest BCUT2D eigenvalue weighted by atomic mass is 32.2. The van der Waals surface area contributed by atoms with Crippen molar-refractivity contribution in [1.29, 1.82) is 0 Å². The summed E-state index contributed by atoms with van der Waals surface area (Å²) in [6, 6.07) is 20.9. The lowest BCUT2D eigenvalue weighted by Gasteiger charge is -2.13. The van der Waals surface area contributed by atoms with Crippen molar-refractivity contribution in [2.24, 2.45) is 0 Å². The largest absolute Gasteiger partial charge is 0.452 e. The minimum Gasteiger partial charge on any atom is -0.452 e. The number of ether oxygens (including phenoxy) is 1. The minimum atomic E-state index is -0.918. The van der Waals surface area contributed by atoms with Gasteiger partial charge in [0.15, 0.2) is 11.7 Å². The van der Waals surface area contributed by atoms with Crippen LogP contribution in [-0.4, -0.2) is 28.7 Å². The van der Waals surface area contributed by atoms with Crippen molar-refractivity contribution in [1.82, 2.24) is 4.98 Å². The molecular formula is C22H18N2O4S. The van der Waals surface area contributed by atoms with Crippen LogP contribution in [0, 0.1) is 0 Å². The summed E-state index contributed by atoms with van der Waals surface area (Å²) in [6.07, 6.45) is -0.918. The number of oxazole rings is 1. The van der Waals surface area contributed by atoms with E-state index in [4.69, 9.17) is 9.15 Å². The van der Waals surface area contributed by atoms with Gasteiger partial charge in [0.25, 0.3) is 11.1 Å². The second kappa shape index (κ2) is 8.36. The molecule has 29 heavy (non-hydrogen) atoms. The lowest BCUT2D eigenvalue weighted by Crippen LogP contribution is -2.30. The molecule has 0 fully saturated rings. The van der Waals surface area contributed by atoms with Gasteiger partial charge in [-0.1, -0.05) is 54.2 Å². The van der Waals surface area contributed by atoms with Gasteiger partial charge in [-0.15, -0.1) is 0 Å². The molecule has 7 heteroatoms. The second-order valence-electron chi connectivity index (χ2n) is 6.42. The molecule has 3 aromatic carbocycles. The van der Waals surface area contributed by atoms with Gasteiger partial charge in [-0.3, -0.25) is 9.59 Å². The Morgan fingerprint density at radius 2 is 1.83 bits per heavy atom. The number of rotatable bonds is 6. The van der Waals surface area contributed by atoms with Crippen molar-refractivity contribution < 1.29 is 18.7 Å². The Balaban J connectivity index is 1.30. The first kappa shape index (κ1) is 19.0. The van der Waals surface area contributed by atoms with Gasteiger partial charge in [0.2, 0.25) is 0 Å². The number of carbonyl (C=O) groups excluding carboxylic acids is 2. The Bertz CT molecular complexity index is 1150. The van der Waals surface area contributed by atoms with E-state index >= 15 is 0 Å². The molecule has 1 heterocycles. The summed E-state index contributed by atoms with van der Waals surface area (Å²) < 4.78 is 10.8. The molecule has 1 N–H and O–H groups in total. The molecule has 0 aliphatic heterocycles. The van der Waals surface area contributed by atoms with Crippen LogP contribution in [0.5, 0.6) is 0 Å². The minimum absolute atomic E-state index is 0.000413. The van der Waals surface area contributed by atoms with Crippen LogP contribution in [-0.2, 0) is 14.3 Å². The third-order valence-corrected chi connectivity index (χ3v) is 5.08. The number of nitrogens with zero attached hydrogens (tertiary/aromatic N) is 1. The number of fused-ring (bicyclic) bond motifs is 2. The molecule has 1 unspecified atom stereocenters. The van der Waals surface area contributed by atoms with Gasteiger partial charge in [0, 0.05) is 5.69 Å². The highest BCUT2D eigenvalue weighted by molar-refractivity contribution is 7.99. The fraction of sp³-hybridized carbons (Fsp3) is 0.136. The van der Waals surface area contributed by atoms with Crippen LogP contribution in [0.4, 0.5) is 5.69 Å². The SMILES string of the molecule is CC(OC(=O)CSc1nc2ccccc2o1)C(=O)Nc1ccc2ccccc2c1. The predicted molar refractivity (Wildman–Crippen MR) is 113 cm³/mol.